The van der Waals surface area contributed by atoms with E-state index in [1.807, 2.05) is 60.7 Å². The Balaban J connectivity index is 1.46. The molecule has 2 aliphatic heterocycles. The van der Waals surface area contributed by atoms with E-state index < -0.39 is 37.1 Å². The molecular weight excluding hydrogens is 351 g/mol. The summed E-state index contributed by atoms with van der Waals surface area (Å²) in [4.78, 5) is 0. The smallest absolute Gasteiger partial charge is 0.186 e. The van der Waals surface area contributed by atoms with Crippen LogP contribution in [0.2, 0.25) is 0 Å². The van der Waals surface area contributed by atoms with Crippen LogP contribution in [0.15, 0.2) is 60.7 Å². The van der Waals surface area contributed by atoms with Crippen molar-refractivity contribution in [1.82, 2.24) is 0 Å². The second kappa shape index (κ2) is 8.46. The Labute approximate surface area is 157 Å². The molecule has 2 aromatic carbocycles. The van der Waals surface area contributed by atoms with E-state index in [9.17, 15) is 0 Å². The summed E-state index contributed by atoms with van der Waals surface area (Å²) in [6.45, 7) is 0.501. The molecule has 2 heterocycles. The number of alkyl halides is 1. The van der Waals surface area contributed by atoms with Gasteiger partial charge in [0, 0.05) is 12.7 Å². The van der Waals surface area contributed by atoms with Crippen LogP contribution in [-0.4, -0.2) is 44.5 Å². The number of ether oxygens (including phenoxy) is 5. The number of halogens is 1. The molecule has 0 unspecified atom stereocenters. The van der Waals surface area contributed by atoms with E-state index in [1.165, 1.54) is 7.11 Å². The Kier molecular flexibility index (Phi) is 5.80. The van der Waals surface area contributed by atoms with Crippen LogP contribution < -0.4 is 0 Å². The Morgan fingerprint density at radius 1 is 1.00 bits per heavy atom. The van der Waals surface area contributed by atoms with Crippen molar-refractivity contribution in [3.8, 4) is 0 Å². The molecule has 0 spiro atoms. The van der Waals surface area contributed by atoms with E-state index >= 15 is 4.39 Å². The Hall–Kier alpha value is -1.83. The third kappa shape index (κ3) is 4.05. The number of hydrogen-bond donors (Lipinski definition) is 0. The van der Waals surface area contributed by atoms with E-state index in [1.54, 1.807) is 0 Å². The van der Waals surface area contributed by atoms with Gasteiger partial charge in [0.1, 0.15) is 18.3 Å². The predicted molar refractivity (Wildman–Crippen MR) is 95.6 cm³/mol. The van der Waals surface area contributed by atoms with Gasteiger partial charge < -0.3 is 23.7 Å². The second-order valence-electron chi connectivity index (χ2n) is 6.66. The van der Waals surface area contributed by atoms with Crippen LogP contribution in [-0.2, 0) is 30.3 Å². The summed E-state index contributed by atoms with van der Waals surface area (Å²) in [5, 5.41) is 0. The Bertz CT molecular complexity index is 707. The first-order valence-corrected chi connectivity index (χ1v) is 9.06. The standard InChI is InChI=1S/C21H23FO5/c1-23-21-19(24-12-14-8-4-2-5-9-14)17(22)18-16(26-21)13-25-20(27-18)15-10-6-3-7-11-15/h2-11,16-21H,12-13H2,1H3/t16-,17+,18-,19-,20-,21+/m1/s1. The van der Waals surface area contributed by atoms with Crippen molar-refractivity contribution in [1.29, 1.82) is 0 Å². The van der Waals surface area contributed by atoms with Gasteiger partial charge in [0.25, 0.3) is 0 Å². The highest BCUT2D eigenvalue weighted by Gasteiger charge is 2.51. The lowest BCUT2D eigenvalue weighted by Gasteiger charge is -2.46. The van der Waals surface area contributed by atoms with E-state index in [0.717, 1.165) is 11.1 Å². The van der Waals surface area contributed by atoms with Crippen LogP contribution in [0.25, 0.3) is 0 Å². The van der Waals surface area contributed by atoms with Crippen LogP contribution in [0.5, 0.6) is 0 Å². The number of hydrogen-bond acceptors (Lipinski definition) is 5. The average molecular weight is 374 g/mol. The predicted octanol–water partition coefficient (Wildman–Crippen LogP) is 3.40. The Morgan fingerprint density at radius 3 is 2.41 bits per heavy atom. The minimum atomic E-state index is -1.40. The van der Waals surface area contributed by atoms with Gasteiger partial charge >= 0.3 is 0 Å². The maximum absolute atomic E-state index is 15.3. The summed E-state index contributed by atoms with van der Waals surface area (Å²) in [5.41, 5.74) is 1.80. The van der Waals surface area contributed by atoms with Crippen LogP contribution in [0, 0.1) is 0 Å². The summed E-state index contributed by atoms with van der Waals surface area (Å²) < 4.78 is 44.0. The quantitative estimate of drug-likeness (QED) is 0.803. The summed E-state index contributed by atoms with van der Waals surface area (Å²) >= 11 is 0. The van der Waals surface area contributed by atoms with Crippen molar-refractivity contribution in [3.63, 3.8) is 0 Å². The number of rotatable bonds is 5. The lowest BCUT2D eigenvalue weighted by atomic mass is 9.98. The Morgan fingerprint density at radius 2 is 1.70 bits per heavy atom. The van der Waals surface area contributed by atoms with Crippen molar-refractivity contribution in [2.75, 3.05) is 13.7 Å². The van der Waals surface area contributed by atoms with Crippen LogP contribution in [0.4, 0.5) is 4.39 Å². The highest BCUT2D eigenvalue weighted by Crippen LogP contribution is 2.36. The monoisotopic (exact) mass is 374 g/mol. The molecule has 0 amide bonds. The molecule has 0 bridgehead atoms. The molecular formula is C21H23FO5. The maximum atomic E-state index is 15.3. The van der Waals surface area contributed by atoms with Crippen molar-refractivity contribution < 1.29 is 28.1 Å². The van der Waals surface area contributed by atoms with Gasteiger partial charge in [0.15, 0.2) is 18.8 Å². The lowest BCUT2D eigenvalue weighted by molar-refractivity contribution is -0.355. The topological polar surface area (TPSA) is 46.2 Å². The van der Waals surface area contributed by atoms with Crippen LogP contribution in [0.1, 0.15) is 17.4 Å². The molecule has 5 nitrogen and oxygen atoms in total. The first-order valence-electron chi connectivity index (χ1n) is 9.06. The maximum Gasteiger partial charge on any atom is 0.186 e. The van der Waals surface area contributed by atoms with Gasteiger partial charge in [-0.05, 0) is 5.56 Å². The summed E-state index contributed by atoms with van der Waals surface area (Å²) in [6.07, 6.45) is -5.04. The molecule has 0 saturated carbocycles. The average Bonchev–Trinajstić information content (AvgIpc) is 2.74. The van der Waals surface area contributed by atoms with Crippen molar-refractivity contribution in [2.24, 2.45) is 0 Å². The number of benzene rings is 2. The summed E-state index contributed by atoms with van der Waals surface area (Å²) in [5.74, 6) is 0. The minimum absolute atomic E-state index is 0.232. The molecule has 4 rings (SSSR count). The molecule has 0 aliphatic carbocycles. The largest absolute Gasteiger partial charge is 0.365 e. The zero-order valence-corrected chi connectivity index (χ0v) is 15.1. The fourth-order valence-electron chi connectivity index (χ4n) is 3.44. The normalized spacial score (nSPS) is 33.4. The third-order valence-electron chi connectivity index (χ3n) is 4.85. The zero-order valence-electron chi connectivity index (χ0n) is 15.1. The SMILES string of the molecule is CO[C@H]1O[C@@H]2CO[C@@H](c3ccccc3)O[C@H]2[C@H](F)[C@H]1OCc1ccccc1. The zero-order chi connectivity index (χ0) is 18.6. The first kappa shape index (κ1) is 18.5. The van der Waals surface area contributed by atoms with Gasteiger partial charge in [-0.25, -0.2) is 4.39 Å². The van der Waals surface area contributed by atoms with E-state index in [0.29, 0.717) is 0 Å². The summed E-state index contributed by atoms with van der Waals surface area (Å²) in [6, 6.07) is 19.1. The molecule has 2 fully saturated rings. The van der Waals surface area contributed by atoms with Gasteiger partial charge in [-0.2, -0.15) is 0 Å². The molecule has 0 radical (unpaired) electrons. The molecule has 144 valence electrons. The molecule has 27 heavy (non-hydrogen) atoms. The highest BCUT2D eigenvalue weighted by atomic mass is 19.1. The fraction of sp³-hybridized carbons (Fsp3) is 0.429. The van der Waals surface area contributed by atoms with Gasteiger partial charge in [-0.3, -0.25) is 0 Å². The second-order valence-corrected chi connectivity index (χ2v) is 6.66. The number of methoxy groups -OCH3 is 1. The van der Waals surface area contributed by atoms with Gasteiger partial charge in [0.2, 0.25) is 0 Å². The van der Waals surface area contributed by atoms with Crippen LogP contribution >= 0.6 is 0 Å². The molecule has 2 aromatic rings. The molecule has 2 saturated heterocycles. The molecule has 2 aliphatic rings. The molecule has 0 N–H and O–H groups in total. The highest BCUT2D eigenvalue weighted by molar-refractivity contribution is 5.17. The lowest BCUT2D eigenvalue weighted by Crippen LogP contribution is -2.61. The van der Waals surface area contributed by atoms with E-state index in [4.69, 9.17) is 23.7 Å². The summed E-state index contributed by atoms with van der Waals surface area (Å²) in [7, 11) is 1.48. The fourth-order valence-corrected chi connectivity index (χ4v) is 3.44. The van der Waals surface area contributed by atoms with Gasteiger partial charge in [-0.1, -0.05) is 60.7 Å². The number of fused-ring (bicyclic) bond motifs is 1. The van der Waals surface area contributed by atoms with Gasteiger partial charge in [-0.15, -0.1) is 0 Å². The van der Waals surface area contributed by atoms with E-state index in [2.05, 4.69) is 0 Å². The molecule has 6 heteroatoms. The van der Waals surface area contributed by atoms with Crippen molar-refractivity contribution >= 4 is 0 Å². The van der Waals surface area contributed by atoms with E-state index in [-0.39, 0.29) is 13.2 Å². The minimum Gasteiger partial charge on any atom is -0.365 e. The first-order chi connectivity index (χ1) is 13.3. The van der Waals surface area contributed by atoms with Crippen LogP contribution in [0.3, 0.4) is 0 Å². The molecule has 6 atom stereocenters. The van der Waals surface area contributed by atoms with Crippen molar-refractivity contribution in [3.05, 3.63) is 71.8 Å². The van der Waals surface area contributed by atoms with Crippen molar-refractivity contribution in [2.45, 2.75) is 43.7 Å². The molecule has 0 aromatic heterocycles. The third-order valence-corrected chi connectivity index (χ3v) is 4.85. The van der Waals surface area contributed by atoms with Gasteiger partial charge in [0.05, 0.1) is 13.2 Å².